The average Bonchev–Trinajstić information content (AvgIpc) is 2.74. The summed E-state index contributed by atoms with van der Waals surface area (Å²) in [6.45, 7) is 5.86. The number of carbonyl (C=O) groups excluding carboxylic acids is 2. The Hall–Kier alpha value is -1.94. The van der Waals surface area contributed by atoms with Gasteiger partial charge in [0.25, 0.3) is 0 Å². The zero-order valence-electron chi connectivity index (χ0n) is 14.0. The number of carbonyl (C=O) groups is 2. The highest BCUT2D eigenvalue weighted by Gasteiger charge is 2.45. The highest BCUT2D eigenvalue weighted by atomic mass is 79.9. The predicted octanol–water partition coefficient (Wildman–Crippen LogP) is 4.43. The van der Waals surface area contributed by atoms with Gasteiger partial charge in [0.2, 0.25) is 11.8 Å². The largest absolute Gasteiger partial charge is 0.274 e. The van der Waals surface area contributed by atoms with Gasteiger partial charge in [-0.15, -0.1) is 0 Å². The highest BCUT2D eigenvalue weighted by Crippen LogP contribution is 2.34. The van der Waals surface area contributed by atoms with Crippen LogP contribution in [0.3, 0.4) is 0 Å². The molecular weight excluding hydrogens is 366 g/mol. The van der Waals surface area contributed by atoms with Crippen LogP contribution in [-0.4, -0.2) is 11.8 Å². The number of hydrogen-bond acceptors (Lipinski definition) is 2. The maximum atomic E-state index is 12.9. The van der Waals surface area contributed by atoms with Gasteiger partial charge in [0, 0.05) is 10.4 Å². The van der Waals surface area contributed by atoms with Gasteiger partial charge in [-0.2, -0.15) is 0 Å². The molecule has 2 aromatic rings. The molecule has 0 saturated carbocycles. The van der Waals surface area contributed by atoms with Crippen LogP contribution < -0.4 is 4.90 Å². The molecule has 2 amide bonds. The van der Waals surface area contributed by atoms with Crippen molar-refractivity contribution >= 4 is 33.4 Å². The second-order valence-corrected chi connectivity index (χ2v) is 7.39. The van der Waals surface area contributed by atoms with Gasteiger partial charge in [0.1, 0.15) is 0 Å². The number of rotatable bonds is 3. The zero-order chi connectivity index (χ0) is 17.4. The summed E-state index contributed by atoms with van der Waals surface area (Å²) in [6.07, 6.45) is 0.594. The molecule has 3 rings (SSSR count). The van der Waals surface area contributed by atoms with Crippen LogP contribution >= 0.6 is 15.9 Å². The molecule has 1 fully saturated rings. The number of nitrogens with zero attached hydrogens (tertiary/aromatic N) is 1. The normalized spacial score (nSPS) is 20.8. The maximum absolute atomic E-state index is 12.9. The van der Waals surface area contributed by atoms with Crippen molar-refractivity contribution < 1.29 is 9.59 Å². The SMILES string of the molecule is Cc1cccc(CC2C(=O)N(c3ccc(C)c(Br)c3)C(=O)C2C)c1. The number of benzene rings is 2. The molecular formula is C20H20BrNO2. The number of anilines is 1. The van der Waals surface area contributed by atoms with Crippen LogP contribution in [0.4, 0.5) is 5.69 Å². The Kier molecular flexibility index (Phi) is 4.59. The summed E-state index contributed by atoms with van der Waals surface area (Å²) in [5.74, 6) is -0.837. The average molecular weight is 386 g/mol. The molecule has 3 nitrogen and oxygen atoms in total. The lowest BCUT2D eigenvalue weighted by atomic mass is 9.90. The molecule has 0 spiro atoms. The molecule has 124 valence electrons. The second kappa shape index (κ2) is 6.52. The van der Waals surface area contributed by atoms with Crippen molar-refractivity contribution in [2.75, 3.05) is 4.90 Å². The third-order valence-corrected chi connectivity index (χ3v) is 5.56. The molecule has 1 aliphatic rings. The van der Waals surface area contributed by atoms with Crippen molar-refractivity contribution in [3.8, 4) is 0 Å². The molecule has 0 bridgehead atoms. The number of imide groups is 1. The van der Waals surface area contributed by atoms with E-state index in [4.69, 9.17) is 0 Å². The molecule has 2 aromatic carbocycles. The minimum atomic E-state index is -0.307. The molecule has 0 aromatic heterocycles. The molecule has 2 atom stereocenters. The summed E-state index contributed by atoms with van der Waals surface area (Å²) >= 11 is 3.48. The van der Waals surface area contributed by atoms with E-state index in [1.54, 1.807) is 0 Å². The first-order valence-electron chi connectivity index (χ1n) is 8.08. The number of aryl methyl sites for hydroxylation is 2. The fourth-order valence-corrected chi connectivity index (χ4v) is 3.56. The van der Waals surface area contributed by atoms with Gasteiger partial charge in [-0.05, 0) is 43.5 Å². The van der Waals surface area contributed by atoms with Gasteiger partial charge in [0.05, 0.1) is 11.6 Å². The van der Waals surface area contributed by atoms with E-state index in [1.807, 2.05) is 57.2 Å². The van der Waals surface area contributed by atoms with Crippen LogP contribution in [0, 0.1) is 25.7 Å². The lowest BCUT2D eigenvalue weighted by Crippen LogP contribution is -2.31. The van der Waals surface area contributed by atoms with Gasteiger partial charge in [0.15, 0.2) is 0 Å². The quantitative estimate of drug-likeness (QED) is 0.732. The van der Waals surface area contributed by atoms with Gasteiger partial charge < -0.3 is 0 Å². The summed E-state index contributed by atoms with van der Waals surface area (Å²) in [7, 11) is 0. The van der Waals surface area contributed by atoms with E-state index >= 15 is 0 Å². The van der Waals surface area contributed by atoms with Gasteiger partial charge in [-0.3, -0.25) is 14.5 Å². The molecule has 1 heterocycles. The van der Waals surface area contributed by atoms with Gasteiger partial charge in [-0.1, -0.05) is 58.7 Å². The van der Waals surface area contributed by atoms with Crippen LogP contribution in [0.15, 0.2) is 46.9 Å². The lowest BCUT2D eigenvalue weighted by molar-refractivity contribution is -0.122. The Morgan fingerprint density at radius 3 is 2.46 bits per heavy atom. The van der Waals surface area contributed by atoms with Crippen LogP contribution in [0.5, 0.6) is 0 Å². The first-order chi connectivity index (χ1) is 11.4. The Bertz CT molecular complexity index is 815. The molecule has 2 unspecified atom stereocenters. The van der Waals surface area contributed by atoms with Gasteiger partial charge in [-0.25, -0.2) is 0 Å². The lowest BCUT2D eigenvalue weighted by Gasteiger charge is -2.16. The summed E-state index contributed by atoms with van der Waals surface area (Å²) in [4.78, 5) is 26.9. The predicted molar refractivity (Wildman–Crippen MR) is 98.9 cm³/mol. The van der Waals surface area contributed by atoms with Crippen molar-refractivity contribution in [3.63, 3.8) is 0 Å². The summed E-state index contributed by atoms with van der Waals surface area (Å²) in [6, 6.07) is 13.7. The Morgan fingerprint density at radius 2 is 1.79 bits per heavy atom. The van der Waals surface area contributed by atoms with E-state index in [9.17, 15) is 9.59 Å². The van der Waals surface area contributed by atoms with Crippen molar-refractivity contribution in [1.29, 1.82) is 0 Å². The monoisotopic (exact) mass is 385 g/mol. The minimum Gasteiger partial charge on any atom is -0.274 e. The van der Waals surface area contributed by atoms with Crippen molar-refractivity contribution in [2.24, 2.45) is 11.8 Å². The smallest absolute Gasteiger partial charge is 0.238 e. The van der Waals surface area contributed by atoms with E-state index in [2.05, 4.69) is 22.0 Å². The van der Waals surface area contributed by atoms with E-state index < -0.39 is 0 Å². The maximum Gasteiger partial charge on any atom is 0.238 e. The standard InChI is InChI=1S/C20H20BrNO2/c1-12-5-4-6-15(9-12)10-17-14(3)19(23)22(20(17)24)16-8-7-13(2)18(21)11-16/h4-9,11,14,17H,10H2,1-3H3. The van der Waals surface area contributed by atoms with E-state index in [0.29, 0.717) is 12.1 Å². The van der Waals surface area contributed by atoms with Crippen molar-refractivity contribution in [2.45, 2.75) is 27.2 Å². The molecule has 4 heteroatoms. The second-order valence-electron chi connectivity index (χ2n) is 6.53. The number of halogens is 1. The number of hydrogen-bond donors (Lipinski definition) is 0. The molecule has 0 radical (unpaired) electrons. The van der Waals surface area contributed by atoms with Gasteiger partial charge >= 0.3 is 0 Å². The fourth-order valence-electron chi connectivity index (χ4n) is 3.20. The van der Waals surface area contributed by atoms with E-state index in [1.165, 1.54) is 4.90 Å². The fraction of sp³-hybridized carbons (Fsp3) is 0.300. The molecule has 1 aliphatic heterocycles. The molecule has 1 saturated heterocycles. The van der Waals surface area contributed by atoms with Crippen molar-refractivity contribution in [3.05, 3.63) is 63.6 Å². The van der Waals surface area contributed by atoms with Crippen LogP contribution in [0.1, 0.15) is 23.6 Å². The Morgan fingerprint density at radius 1 is 1.04 bits per heavy atom. The molecule has 0 aliphatic carbocycles. The summed E-state index contributed by atoms with van der Waals surface area (Å²) in [5.41, 5.74) is 3.97. The Balaban J connectivity index is 1.90. The first kappa shape index (κ1) is 16.9. The number of amides is 2. The van der Waals surface area contributed by atoms with E-state index in [0.717, 1.165) is 21.2 Å². The van der Waals surface area contributed by atoms with Crippen molar-refractivity contribution in [1.82, 2.24) is 0 Å². The summed E-state index contributed by atoms with van der Waals surface area (Å²) < 4.78 is 0.899. The first-order valence-corrected chi connectivity index (χ1v) is 8.87. The molecule has 24 heavy (non-hydrogen) atoms. The van der Waals surface area contributed by atoms with Crippen LogP contribution in [-0.2, 0) is 16.0 Å². The molecule has 0 N–H and O–H groups in total. The highest BCUT2D eigenvalue weighted by molar-refractivity contribution is 9.10. The van der Waals surface area contributed by atoms with Crippen LogP contribution in [0.2, 0.25) is 0 Å². The Labute approximate surface area is 150 Å². The summed E-state index contributed by atoms with van der Waals surface area (Å²) in [5, 5.41) is 0. The topological polar surface area (TPSA) is 37.4 Å². The zero-order valence-corrected chi connectivity index (χ0v) is 15.6. The third-order valence-electron chi connectivity index (χ3n) is 4.70. The van der Waals surface area contributed by atoms with Crippen LogP contribution in [0.25, 0.3) is 0 Å². The third kappa shape index (κ3) is 3.03. The van der Waals surface area contributed by atoms with E-state index in [-0.39, 0.29) is 23.7 Å². The minimum absolute atomic E-state index is 0.107.